The maximum atomic E-state index is 3.46. The summed E-state index contributed by atoms with van der Waals surface area (Å²) >= 11 is 0. The largest absolute Gasteiger partial charge is 0.0991 e. The van der Waals surface area contributed by atoms with Gasteiger partial charge in [0.05, 0.1) is 0 Å². The van der Waals surface area contributed by atoms with E-state index in [2.05, 4.69) is 108 Å². The molecule has 0 aromatic heterocycles. The van der Waals surface area contributed by atoms with Crippen molar-refractivity contribution in [3.63, 3.8) is 0 Å². The molecule has 0 heteroatoms. The molecule has 0 bridgehead atoms. The molecule has 1 saturated carbocycles. The van der Waals surface area contributed by atoms with Gasteiger partial charge in [-0.15, -0.1) is 0 Å². The molecule has 0 amide bonds. The fourth-order valence-corrected chi connectivity index (χ4v) is 4.97. The van der Waals surface area contributed by atoms with E-state index in [-0.39, 0.29) is 0 Å². The number of fused-ring (bicyclic) bond motifs is 10. The Morgan fingerprint density at radius 2 is 1.39 bits per heavy atom. The number of allylic oxidation sites excluding steroid dienone is 3. The summed E-state index contributed by atoms with van der Waals surface area (Å²) in [6.07, 6.45) is 10.8. The lowest BCUT2D eigenvalue weighted by atomic mass is 9.82. The third-order valence-corrected chi connectivity index (χ3v) is 6.85. The fraction of sp³-hybridized carbons (Fsp3) is 0.368. The van der Waals surface area contributed by atoms with Gasteiger partial charge in [0.2, 0.25) is 0 Å². The first-order chi connectivity index (χ1) is 18.6. The summed E-state index contributed by atoms with van der Waals surface area (Å²) in [6, 6.07) is 25.1. The highest BCUT2D eigenvalue weighted by Gasteiger charge is 2.46. The first-order valence-electron chi connectivity index (χ1n) is 14.8. The average Bonchev–Trinajstić information content (AvgIpc) is 3.76. The van der Waals surface area contributed by atoms with Gasteiger partial charge in [0.15, 0.2) is 0 Å². The number of unbranched alkanes of at least 4 members (excludes halogenated alkanes) is 1. The van der Waals surface area contributed by atoms with Gasteiger partial charge in [0.1, 0.15) is 0 Å². The Balaban J connectivity index is 0.000000308. The molecule has 0 N–H and O–H groups in total. The minimum Gasteiger partial charge on any atom is -0.0991 e. The van der Waals surface area contributed by atoms with Crippen molar-refractivity contribution in [2.75, 3.05) is 0 Å². The van der Waals surface area contributed by atoms with Crippen molar-refractivity contribution in [3.8, 4) is 11.1 Å². The smallest absolute Gasteiger partial charge is 0.00743 e. The predicted octanol–water partition coefficient (Wildman–Crippen LogP) is 12.6. The average molecular weight is 507 g/mol. The van der Waals surface area contributed by atoms with E-state index in [1.807, 2.05) is 32.9 Å². The number of hydrogen-bond acceptors (Lipinski definition) is 0. The van der Waals surface area contributed by atoms with Crippen LogP contribution in [0.2, 0.25) is 0 Å². The summed E-state index contributed by atoms with van der Waals surface area (Å²) in [6.45, 7) is 20.2. The molecule has 6 rings (SSSR count). The topological polar surface area (TPSA) is 0 Å². The molecular formula is C38H50. The summed E-state index contributed by atoms with van der Waals surface area (Å²) in [5, 5.41) is 5.59. The van der Waals surface area contributed by atoms with Crippen LogP contribution in [0.1, 0.15) is 103 Å². The Hall–Kier alpha value is -3.12. The molecule has 0 radical (unpaired) electrons. The van der Waals surface area contributed by atoms with E-state index in [0.717, 1.165) is 11.8 Å². The minimum atomic E-state index is 0.721. The van der Waals surface area contributed by atoms with E-state index in [0.29, 0.717) is 0 Å². The van der Waals surface area contributed by atoms with Crippen molar-refractivity contribution in [2.45, 2.75) is 92.9 Å². The van der Waals surface area contributed by atoms with E-state index in [9.17, 15) is 0 Å². The Morgan fingerprint density at radius 1 is 0.763 bits per heavy atom. The molecular weight excluding hydrogens is 456 g/mol. The van der Waals surface area contributed by atoms with Crippen LogP contribution in [-0.2, 0) is 0 Å². The summed E-state index contributed by atoms with van der Waals surface area (Å²) in [7, 11) is 0. The molecule has 4 aromatic rings. The lowest BCUT2D eigenvalue weighted by Crippen LogP contribution is -2.01. The molecule has 38 heavy (non-hydrogen) atoms. The van der Waals surface area contributed by atoms with Gasteiger partial charge in [-0.05, 0) is 75.9 Å². The van der Waals surface area contributed by atoms with E-state index in [1.54, 1.807) is 17.2 Å². The molecule has 1 fully saturated rings. The monoisotopic (exact) mass is 506 g/mol. The second-order valence-corrected chi connectivity index (χ2v) is 9.92. The van der Waals surface area contributed by atoms with Crippen molar-refractivity contribution >= 4 is 21.5 Å². The molecule has 4 aromatic carbocycles. The van der Waals surface area contributed by atoms with Crippen LogP contribution in [0.4, 0.5) is 0 Å². The zero-order valence-corrected chi connectivity index (χ0v) is 25.3. The van der Waals surface area contributed by atoms with Gasteiger partial charge in [-0.1, -0.05) is 158 Å². The van der Waals surface area contributed by atoms with Crippen LogP contribution in [0.15, 0.2) is 91.5 Å². The van der Waals surface area contributed by atoms with E-state index < -0.39 is 0 Å². The van der Waals surface area contributed by atoms with Gasteiger partial charge >= 0.3 is 0 Å². The van der Waals surface area contributed by atoms with E-state index >= 15 is 0 Å². The predicted molar refractivity (Wildman–Crippen MR) is 175 cm³/mol. The quantitative estimate of drug-likeness (QED) is 0.187. The van der Waals surface area contributed by atoms with Crippen LogP contribution in [0.5, 0.6) is 0 Å². The van der Waals surface area contributed by atoms with Gasteiger partial charge in [0, 0.05) is 0 Å². The molecule has 0 nitrogen and oxygen atoms in total. The zero-order valence-electron chi connectivity index (χ0n) is 25.3. The molecule has 2 unspecified atom stereocenters. The van der Waals surface area contributed by atoms with Crippen molar-refractivity contribution < 1.29 is 0 Å². The number of benzene rings is 4. The van der Waals surface area contributed by atoms with Gasteiger partial charge in [-0.3, -0.25) is 0 Å². The summed E-state index contributed by atoms with van der Waals surface area (Å²) in [4.78, 5) is 0. The molecule has 2 aliphatic rings. The fourth-order valence-electron chi connectivity index (χ4n) is 4.97. The van der Waals surface area contributed by atoms with Gasteiger partial charge < -0.3 is 0 Å². The van der Waals surface area contributed by atoms with Crippen LogP contribution >= 0.6 is 0 Å². The van der Waals surface area contributed by atoms with Gasteiger partial charge in [-0.2, -0.15) is 0 Å². The summed E-state index contributed by atoms with van der Waals surface area (Å²) < 4.78 is 0. The number of hydrogen-bond donors (Lipinski definition) is 0. The highest BCUT2D eigenvalue weighted by atomic mass is 14.5. The van der Waals surface area contributed by atoms with Crippen LogP contribution in [0.25, 0.3) is 32.7 Å². The van der Waals surface area contributed by atoms with Crippen molar-refractivity contribution in [1.29, 1.82) is 0 Å². The molecule has 2 aliphatic carbocycles. The van der Waals surface area contributed by atoms with E-state index in [4.69, 9.17) is 0 Å². The molecule has 2 atom stereocenters. The lowest BCUT2D eigenvalue weighted by molar-refractivity contribution is 0.886. The maximum Gasteiger partial charge on any atom is -0.00743 e. The Bertz CT molecular complexity index is 1320. The van der Waals surface area contributed by atoms with Crippen LogP contribution in [0.3, 0.4) is 0 Å². The SMILES string of the molecule is C=C/C=C/C.CC.CCC.CCCC.Cc1ccc2c(c1)C1CC1c1c-2ccc2c1ccc1ccccc12. The third kappa shape index (κ3) is 7.25. The highest BCUT2D eigenvalue weighted by molar-refractivity contribution is 6.10. The molecule has 0 saturated heterocycles. The lowest BCUT2D eigenvalue weighted by Gasteiger charge is -2.22. The normalized spacial score (nSPS) is 15.6. The molecule has 202 valence electrons. The highest BCUT2D eigenvalue weighted by Crippen LogP contribution is 2.63. The van der Waals surface area contributed by atoms with Crippen LogP contribution < -0.4 is 0 Å². The zero-order chi connectivity index (χ0) is 28.1. The standard InChI is InChI=1S/C24H18.C5H8.C4H10.C3H8.C2H6/c1-14-6-8-18-20-11-10-17-16-5-3-2-4-15(16)7-9-19(17)24(20)23-13-22(23)21(18)12-14;1-3-5-4-2;1-3-4-2;1-3-2;1-2/h2-12,22-23H,13H2,1H3;3-5H,1H2,2H3;3-4H2,1-2H3;3H2,1-2H3;1-2H3/b;5-4+;;;. The van der Waals surface area contributed by atoms with Gasteiger partial charge in [0.25, 0.3) is 0 Å². The number of rotatable bonds is 2. The molecule has 0 spiro atoms. The Morgan fingerprint density at radius 3 is 2.00 bits per heavy atom. The summed E-state index contributed by atoms with van der Waals surface area (Å²) in [5.74, 6) is 1.46. The third-order valence-electron chi connectivity index (χ3n) is 6.85. The molecule has 0 aliphatic heterocycles. The van der Waals surface area contributed by atoms with Crippen LogP contribution in [-0.4, -0.2) is 0 Å². The van der Waals surface area contributed by atoms with Crippen molar-refractivity contribution in [1.82, 2.24) is 0 Å². The second-order valence-electron chi connectivity index (χ2n) is 9.92. The molecule has 0 heterocycles. The number of aryl methyl sites for hydroxylation is 1. The van der Waals surface area contributed by atoms with Crippen LogP contribution in [0, 0.1) is 6.92 Å². The summed E-state index contributed by atoms with van der Waals surface area (Å²) in [5.41, 5.74) is 7.48. The Labute approximate surface area is 233 Å². The second kappa shape index (κ2) is 16.0. The first-order valence-corrected chi connectivity index (χ1v) is 14.8. The van der Waals surface area contributed by atoms with Crippen molar-refractivity contribution in [2.24, 2.45) is 0 Å². The van der Waals surface area contributed by atoms with Gasteiger partial charge in [-0.25, -0.2) is 0 Å². The maximum absolute atomic E-state index is 3.46. The van der Waals surface area contributed by atoms with Crippen molar-refractivity contribution in [3.05, 3.63) is 108 Å². The Kier molecular flexibility index (Phi) is 13.1. The first kappa shape index (κ1) is 31.1. The minimum absolute atomic E-state index is 0.721. The van der Waals surface area contributed by atoms with E-state index in [1.165, 1.54) is 63.9 Å².